The second-order valence-electron chi connectivity index (χ2n) is 4.44. The molecule has 0 spiro atoms. The number of nitrogens with zero attached hydrogens (tertiary/aromatic N) is 2. The molecule has 0 aromatic carbocycles. The molecule has 88 valence electrons. The molecule has 1 saturated heterocycles. The number of hydrogen-bond donors (Lipinski definition) is 2. The summed E-state index contributed by atoms with van der Waals surface area (Å²) in [6, 6.07) is 0. The van der Waals surface area contributed by atoms with Gasteiger partial charge in [-0.1, -0.05) is 0 Å². The number of carbonyl (C=O) groups is 1. The summed E-state index contributed by atoms with van der Waals surface area (Å²) in [6.07, 6.45) is 1.96. The van der Waals surface area contributed by atoms with Crippen LogP contribution < -0.4 is 10.6 Å². The predicted octanol–water partition coefficient (Wildman–Crippen LogP) is 1.17. The Bertz CT molecular complexity index is 384. The maximum atomic E-state index is 12.1. The van der Waals surface area contributed by atoms with E-state index >= 15 is 0 Å². The van der Waals surface area contributed by atoms with E-state index in [1.165, 1.54) is 11.5 Å². The first-order chi connectivity index (χ1) is 7.60. The van der Waals surface area contributed by atoms with Crippen LogP contribution in [0, 0.1) is 12.3 Å². The molecule has 5 nitrogen and oxygen atoms in total. The first kappa shape index (κ1) is 11.5. The van der Waals surface area contributed by atoms with Crippen LogP contribution in [0.4, 0.5) is 5.13 Å². The van der Waals surface area contributed by atoms with E-state index in [-0.39, 0.29) is 11.3 Å². The van der Waals surface area contributed by atoms with E-state index in [0.717, 1.165) is 25.9 Å². The van der Waals surface area contributed by atoms with Crippen LogP contribution >= 0.6 is 11.5 Å². The molecular weight excluding hydrogens is 224 g/mol. The van der Waals surface area contributed by atoms with Gasteiger partial charge in [-0.05, 0) is 33.2 Å². The van der Waals surface area contributed by atoms with Crippen LogP contribution in [0.25, 0.3) is 0 Å². The summed E-state index contributed by atoms with van der Waals surface area (Å²) >= 11 is 1.23. The molecule has 1 unspecified atom stereocenters. The lowest BCUT2D eigenvalue weighted by molar-refractivity contribution is -0.125. The topological polar surface area (TPSA) is 66.9 Å². The number of hydrogen-bond acceptors (Lipinski definition) is 5. The second-order valence-corrected chi connectivity index (χ2v) is 5.19. The smallest absolute Gasteiger partial charge is 0.233 e. The summed E-state index contributed by atoms with van der Waals surface area (Å²) in [5, 5.41) is 6.68. The van der Waals surface area contributed by atoms with Gasteiger partial charge >= 0.3 is 0 Å². The van der Waals surface area contributed by atoms with Crippen LogP contribution in [-0.4, -0.2) is 28.4 Å². The van der Waals surface area contributed by atoms with E-state index in [1.54, 1.807) is 0 Å². The Balaban J connectivity index is 2.01. The summed E-state index contributed by atoms with van der Waals surface area (Å²) in [5.41, 5.74) is -0.322. The van der Waals surface area contributed by atoms with Gasteiger partial charge in [-0.2, -0.15) is 4.37 Å². The van der Waals surface area contributed by atoms with Crippen molar-refractivity contribution in [2.45, 2.75) is 26.7 Å². The van der Waals surface area contributed by atoms with Gasteiger partial charge in [-0.25, -0.2) is 4.98 Å². The molecule has 6 heteroatoms. The molecule has 0 radical (unpaired) electrons. The Morgan fingerprint density at radius 2 is 2.44 bits per heavy atom. The standard InChI is InChI=1S/C10H16N4OS/c1-7-12-9(16-14-7)13-8(15)10(2)4-3-5-11-6-10/h11H,3-6H2,1-2H3,(H,12,13,14,15). The molecule has 1 aliphatic heterocycles. The fourth-order valence-electron chi connectivity index (χ4n) is 1.85. The van der Waals surface area contributed by atoms with E-state index in [4.69, 9.17) is 0 Å². The minimum atomic E-state index is -0.322. The molecule has 0 aliphatic carbocycles. The van der Waals surface area contributed by atoms with E-state index < -0.39 is 0 Å². The number of amides is 1. The zero-order chi connectivity index (χ0) is 11.6. The van der Waals surface area contributed by atoms with Gasteiger partial charge in [0.2, 0.25) is 11.0 Å². The Labute approximate surface area is 98.8 Å². The summed E-state index contributed by atoms with van der Waals surface area (Å²) in [7, 11) is 0. The van der Waals surface area contributed by atoms with E-state index in [1.807, 2.05) is 13.8 Å². The number of nitrogens with one attached hydrogen (secondary N) is 2. The summed E-state index contributed by atoms with van der Waals surface area (Å²) in [5.74, 6) is 0.739. The predicted molar refractivity (Wildman–Crippen MR) is 63.5 cm³/mol. The van der Waals surface area contributed by atoms with E-state index in [9.17, 15) is 4.79 Å². The molecular formula is C10H16N4OS. The van der Waals surface area contributed by atoms with Crippen molar-refractivity contribution in [3.05, 3.63) is 5.82 Å². The maximum Gasteiger partial charge on any atom is 0.233 e. The molecule has 2 N–H and O–H groups in total. The van der Waals surface area contributed by atoms with Crippen LogP contribution in [0.1, 0.15) is 25.6 Å². The quantitative estimate of drug-likeness (QED) is 0.814. The van der Waals surface area contributed by atoms with Gasteiger partial charge in [0.05, 0.1) is 5.41 Å². The average Bonchev–Trinajstić information content (AvgIpc) is 2.65. The van der Waals surface area contributed by atoms with Gasteiger partial charge in [-0.15, -0.1) is 0 Å². The van der Waals surface area contributed by atoms with Gasteiger partial charge in [0, 0.05) is 18.1 Å². The molecule has 0 saturated carbocycles. The molecule has 1 aliphatic rings. The lowest BCUT2D eigenvalue weighted by Gasteiger charge is -2.32. The summed E-state index contributed by atoms with van der Waals surface area (Å²) in [6.45, 7) is 5.54. The van der Waals surface area contributed by atoms with Crippen LogP contribution in [0.2, 0.25) is 0 Å². The van der Waals surface area contributed by atoms with E-state index in [0.29, 0.717) is 11.0 Å². The number of aromatic nitrogens is 2. The average molecular weight is 240 g/mol. The third-order valence-corrected chi connectivity index (χ3v) is 3.62. The van der Waals surface area contributed by atoms with Gasteiger partial charge in [0.1, 0.15) is 5.82 Å². The minimum Gasteiger partial charge on any atom is -0.316 e. The highest BCUT2D eigenvalue weighted by Gasteiger charge is 2.34. The van der Waals surface area contributed by atoms with Gasteiger partial charge in [0.25, 0.3) is 0 Å². The zero-order valence-corrected chi connectivity index (χ0v) is 10.4. The molecule has 0 bridgehead atoms. The zero-order valence-electron chi connectivity index (χ0n) is 9.54. The van der Waals surface area contributed by atoms with Crippen molar-refractivity contribution in [3.8, 4) is 0 Å². The molecule has 2 rings (SSSR count). The van der Waals surface area contributed by atoms with Crippen molar-refractivity contribution in [1.82, 2.24) is 14.7 Å². The Morgan fingerprint density at radius 1 is 1.62 bits per heavy atom. The van der Waals surface area contributed by atoms with Gasteiger partial charge < -0.3 is 10.6 Å². The molecule has 1 aromatic heterocycles. The highest BCUT2D eigenvalue weighted by molar-refractivity contribution is 7.09. The number of anilines is 1. The van der Waals surface area contributed by atoms with Crippen molar-refractivity contribution >= 4 is 22.6 Å². The van der Waals surface area contributed by atoms with Gasteiger partial charge in [0.15, 0.2) is 0 Å². The van der Waals surface area contributed by atoms with Crippen LogP contribution in [0.3, 0.4) is 0 Å². The highest BCUT2D eigenvalue weighted by Crippen LogP contribution is 2.27. The normalized spacial score (nSPS) is 25.4. The lowest BCUT2D eigenvalue weighted by Crippen LogP contribution is -2.46. The fraction of sp³-hybridized carbons (Fsp3) is 0.700. The Morgan fingerprint density at radius 3 is 3.00 bits per heavy atom. The number of piperidine rings is 1. The monoisotopic (exact) mass is 240 g/mol. The number of aryl methyl sites for hydroxylation is 1. The van der Waals surface area contributed by atoms with Crippen LogP contribution in [0.15, 0.2) is 0 Å². The van der Waals surface area contributed by atoms with Crippen LogP contribution in [-0.2, 0) is 4.79 Å². The van der Waals surface area contributed by atoms with Crippen molar-refractivity contribution < 1.29 is 4.79 Å². The summed E-state index contributed by atoms with van der Waals surface area (Å²) in [4.78, 5) is 16.2. The third-order valence-electron chi connectivity index (χ3n) is 2.89. The van der Waals surface area contributed by atoms with Gasteiger partial charge in [-0.3, -0.25) is 4.79 Å². The van der Waals surface area contributed by atoms with Crippen molar-refractivity contribution in [2.75, 3.05) is 18.4 Å². The molecule has 16 heavy (non-hydrogen) atoms. The fourth-order valence-corrected chi connectivity index (χ4v) is 2.42. The first-order valence-electron chi connectivity index (χ1n) is 5.43. The second kappa shape index (κ2) is 4.47. The molecule has 2 heterocycles. The number of rotatable bonds is 2. The summed E-state index contributed by atoms with van der Waals surface area (Å²) < 4.78 is 4.04. The first-order valence-corrected chi connectivity index (χ1v) is 6.20. The largest absolute Gasteiger partial charge is 0.316 e. The minimum absolute atomic E-state index is 0.0378. The van der Waals surface area contributed by atoms with E-state index in [2.05, 4.69) is 20.0 Å². The van der Waals surface area contributed by atoms with Crippen LogP contribution in [0.5, 0.6) is 0 Å². The number of carbonyl (C=O) groups excluding carboxylic acids is 1. The van der Waals surface area contributed by atoms with Crippen molar-refractivity contribution in [3.63, 3.8) is 0 Å². The molecule has 1 aromatic rings. The maximum absolute atomic E-state index is 12.1. The molecule has 1 fully saturated rings. The third kappa shape index (κ3) is 2.38. The SMILES string of the molecule is Cc1nsc(NC(=O)C2(C)CCCNC2)n1. The lowest BCUT2D eigenvalue weighted by atomic mass is 9.82. The molecule has 1 amide bonds. The Hall–Kier alpha value is -1.01. The van der Waals surface area contributed by atoms with Crippen molar-refractivity contribution in [1.29, 1.82) is 0 Å². The molecule has 1 atom stereocenters. The van der Waals surface area contributed by atoms with Crippen molar-refractivity contribution in [2.24, 2.45) is 5.41 Å². The highest BCUT2D eigenvalue weighted by atomic mass is 32.1. The Kier molecular flexibility index (Phi) is 3.20.